The number of carbonyl (C=O) groups excluding carboxylic acids is 1. The number of nitrogens with one attached hydrogen (secondary N) is 2. The van der Waals surface area contributed by atoms with E-state index in [1.807, 2.05) is 25.1 Å². The molecular formula is C15H13BrN4O. The number of anilines is 2. The van der Waals surface area contributed by atoms with Crippen LogP contribution in [0, 0.1) is 6.92 Å². The molecule has 0 spiro atoms. The Kier molecular flexibility index (Phi) is 3.39. The minimum atomic E-state index is -0.189. The monoisotopic (exact) mass is 344 g/mol. The molecule has 1 amide bonds. The van der Waals surface area contributed by atoms with Gasteiger partial charge in [-0.1, -0.05) is 0 Å². The van der Waals surface area contributed by atoms with Gasteiger partial charge in [-0.2, -0.15) is 0 Å². The molecule has 0 radical (unpaired) electrons. The Hall–Kier alpha value is -2.34. The summed E-state index contributed by atoms with van der Waals surface area (Å²) < 4.78 is 0.704. The molecule has 3 rings (SSSR count). The Balaban J connectivity index is 1.86. The Morgan fingerprint density at radius 3 is 2.86 bits per heavy atom. The number of aromatic nitrogens is 2. The first-order valence-electron chi connectivity index (χ1n) is 6.36. The first-order chi connectivity index (χ1) is 10.0. The maximum Gasteiger partial charge on any atom is 0.255 e. The fraction of sp³-hybridized carbons (Fsp3) is 0.0667. The number of H-pyrrole nitrogens is 1. The molecule has 6 heteroatoms. The standard InChI is InChI=1S/C15H13BrN4O/c1-8-18-13-5-3-10(7-14(13)19-8)20-15(21)9-2-4-12(17)11(16)6-9/h2-7H,17H2,1H3,(H,18,19)(H,20,21). The highest BCUT2D eigenvalue weighted by Crippen LogP contribution is 2.22. The van der Waals surface area contributed by atoms with Gasteiger partial charge in [0.2, 0.25) is 0 Å². The Labute approximate surface area is 129 Å². The van der Waals surface area contributed by atoms with E-state index >= 15 is 0 Å². The second-order valence-electron chi connectivity index (χ2n) is 4.74. The van der Waals surface area contributed by atoms with Crippen molar-refractivity contribution in [2.75, 3.05) is 11.1 Å². The molecule has 0 aliphatic heterocycles. The summed E-state index contributed by atoms with van der Waals surface area (Å²) in [6.45, 7) is 1.89. The van der Waals surface area contributed by atoms with Gasteiger partial charge in [0.15, 0.2) is 0 Å². The highest BCUT2D eigenvalue weighted by atomic mass is 79.9. The lowest BCUT2D eigenvalue weighted by molar-refractivity contribution is 0.102. The predicted molar refractivity (Wildman–Crippen MR) is 87.3 cm³/mol. The van der Waals surface area contributed by atoms with Gasteiger partial charge in [0.1, 0.15) is 5.82 Å². The summed E-state index contributed by atoms with van der Waals surface area (Å²) in [5.41, 5.74) is 9.33. The number of hydrogen-bond donors (Lipinski definition) is 3. The molecular weight excluding hydrogens is 332 g/mol. The zero-order chi connectivity index (χ0) is 15.0. The molecule has 0 bridgehead atoms. The van der Waals surface area contributed by atoms with E-state index in [-0.39, 0.29) is 5.91 Å². The molecule has 2 aromatic carbocycles. The summed E-state index contributed by atoms with van der Waals surface area (Å²) in [7, 11) is 0. The molecule has 0 atom stereocenters. The maximum atomic E-state index is 12.2. The van der Waals surface area contributed by atoms with Crippen LogP contribution in [0.4, 0.5) is 11.4 Å². The average molecular weight is 345 g/mol. The lowest BCUT2D eigenvalue weighted by Crippen LogP contribution is -2.12. The summed E-state index contributed by atoms with van der Waals surface area (Å²) in [5.74, 6) is 0.655. The zero-order valence-electron chi connectivity index (χ0n) is 11.3. The van der Waals surface area contributed by atoms with Gasteiger partial charge in [-0.05, 0) is 59.3 Å². The van der Waals surface area contributed by atoms with Crippen LogP contribution < -0.4 is 11.1 Å². The first-order valence-corrected chi connectivity index (χ1v) is 7.15. The van der Waals surface area contributed by atoms with Crippen LogP contribution in [-0.2, 0) is 0 Å². The van der Waals surface area contributed by atoms with Crippen LogP contribution in [0.2, 0.25) is 0 Å². The number of nitrogen functional groups attached to an aromatic ring is 1. The van der Waals surface area contributed by atoms with Crippen molar-refractivity contribution in [3.05, 3.63) is 52.3 Å². The lowest BCUT2D eigenvalue weighted by Gasteiger charge is -2.06. The number of nitrogens with zero attached hydrogens (tertiary/aromatic N) is 1. The van der Waals surface area contributed by atoms with Gasteiger partial charge >= 0.3 is 0 Å². The molecule has 3 aromatic rings. The topological polar surface area (TPSA) is 83.8 Å². The second kappa shape index (κ2) is 5.21. The van der Waals surface area contributed by atoms with Gasteiger partial charge in [-0.15, -0.1) is 0 Å². The zero-order valence-corrected chi connectivity index (χ0v) is 12.9. The molecule has 1 heterocycles. The number of hydrogen-bond acceptors (Lipinski definition) is 3. The van der Waals surface area contributed by atoms with Gasteiger partial charge in [0.25, 0.3) is 5.91 Å². The Morgan fingerprint density at radius 1 is 1.29 bits per heavy atom. The van der Waals surface area contributed by atoms with E-state index in [2.05, 4.69) is 31.2 Å². The van der Waals surface area contributed by atoms with Crippen molar-refractivity contribution in [1.82, 2.24) is 9.97 Å². The summed E-state index contributed by atoms with van der Waals surface area (Å²) in [6.07, 6.45) is 0. The third-order valence-corrected chi connectivity index (χ3v) is 3.81. The molecule has 0 saturated heterocycles. The van der Waals surface area contributed by atoms with Crippen LogP contribution >= 0.6 is 15.9 Å². The van der Waals surface area contributed by atoms with E-state index in [1.165, 1.54) is 0 Å². The van der Waals surface area contributed by atoms with E-state index in [0.717, 1.165) is 16.9 Å². The quantitative estimate of drug-likeness (QED) is 0.622. The van der Waals surface area contributed by atoms with E-state index in [9.17, 15) is 4.79 Å². The van der Waals surface area contributed by atoms with E-state index in [0.29, 0.717) is 21.4 Å². The number of aromatic amines is 1. The van der Waals surface area contributed by atoms with E-state index in [4.69, 9.17) is 5.73 Å². The summed E-state index contributed by atoms with van der Waals surface area (Å²) in [5, 5.41) is 2.86. The van der Waals surface area contributed by atoms with Crippen LogP contribution in [-0.4, -0.2) is 15.9 Å². The number of carbonyl (C=O) groups is 1. The minimum Gasteiger partial charge on any atom is -0.398 e. The van der Waals surface area contributed by atoms with Crippen LogP contribution in [0.15, 0.2) is 40.9 Å². The molecule has 0 aliphatic rings. The van der Waals surface area contributed by atoms with Crippen molar-refractivity contribution in [3.63, 3.8) is 0 Å². The summed E-state index contributed by atoms with van der Waals surface area (Å²) >= 11 is 3.32. The Morgan fingerprint density at radius 2 is 2.10 bits per heavy atom. The van der Waals surface area contributed by atoms with Crippen molar-refractivity contribution in [3.8, 4) is 0 Å². The Bertz CT molecular complexity index is 841. The largest absolute Gasteiger partial charge is 0.398 e. The normalized spacial score (nSPS) is 10.8. The molecule has 106 valence electrons. The molecule has 5 nitrogen and oxygen atoms in total. The molecule has 0 fully saturated rings. The molecule has 0 unspecified atom stereocenters. The number of nitrogens with two attached hydrogens (primary N) is 1. The van der Waals surface area contributed by atoms with Crippen molar-refractivity contribution < 1.29 is 4.79 Å². The van der Waals surface area contributed by atoms with Crippen LogP contribution in [0.5, 0.6) is 0 Å². The van der Waals surface area contributed by atoms with Crippen molar-refractivity contribution >= 4 is 44.2 Å². The van der Waals surface area contributed by atoms with Gasteiger partial charge in [-0.25, -0.2) is 4.98 Å². The molecule has 21 heavy (non-hydrogen) atoms. The van der Waals surface area contributed by atoms with Gasteiger partial charge in [0.05, 0.1) is 11.0 Å². The molecule has 0 aliphatic carbocycles. The van der Waals surface area contributed by atoms with Gasteiger partial charge < -0.3 is 16.0 Å². The first kappa shape index (κ1) is 13.6. The number of halogens is 1. The fourth-order valence-electron chi connectivity index (χ4n) is 2.09. The van der Waals surface area contributed by atoms with E-state index < -0.39 is 0 Å². The third-order valence-electron chi connectivity index (χ3n) is 3.12. The fourth-order valence-corrected chi connectivity index (χ4v) is 2.47. The van der Waals surface area contributed by atoms with Crippen LogP contribution in [0.3, 0.4) is 0 Å². The number of rotatable bonds is 2. The van der Waals surface area contributed by atoms with Crippen LogP contribution in [0.25, 0.3) is 11.0 Å². The number of benzene rings is 2. The minimum absolute atomic E-state index is 0.189. The van der Waals surface area contributed by atoms with Crippen molar-refractivity contribution in [1.29, 1.82) is 0 Å². The summed E-state index contributed by atoms with van der Waals surface area (Å²) in [6, 6.07) is 10.6. The molecule has 4 N–H and O–H groups in total. The van der Waals surface area contributed by atoms with E-state index in [1.54, 1.807) is 18.2 Å². The molecule has 1 aromatic heterocycles. The predicted octanol–water partition coefficient (Wildman–Crippen LogP) is 3.47. The number of amides is 1. The molecule has 0 saturated carbocycles. The van der Waals surface area contributed by atoms with Gasteiger partial charge in [0, 0.05) is 21.4 Å². The maximum absolute atomic E-state index is 12.2. The third kappa shape index (κ3) is 2.75. The highest BCUT2D eigenvalue weighted by molar-refractivity contribution is 9.10. The number of fused-ring (bicyclic) bond motifs is 1. The number of imidazole rings is 1. The SMILES string of the molecule is Cc1nc2ccc(NC(=O)c3ccc(N)c(Br)c3)cc2[nH]1. The van der Waals surface area contributed by atoms with Gasteiger partial charge in [-0.3, -0.25) is 4.79 Å². The van der Waals surface area contributed by atoms with Crippen molar-refractivity contribution in [2.24, 2.45) is 0 Å². The number of aryl methyl sites for hydroxylation is 1. The second-order valence-corrected chi connectivity index (χ2v) is 5.60. The highest BCUT2D eigenvalue weighted by Gasteiger charge is 2.09. The van der Waals surface area contributed by atoms with Crippen molar-refractivity contribution in [2.45, 2.75) is 6.92 Å². The average Bonchev–Trinajstić information content (AvgIpc) is 2.81. The summed E-state index contributed by atoms with van der Waals surface area (Å²) in [4.78, 5) is 19.7. The smallest absolute Gasteiger partial charge is 0.255 e. The van der Waals surface area contributed by atoms with Crippen LogP contribution in [0.1, 0.15) is 16.2 Å². The lowest BCUT2D eigenvalue weighted by atomic mass is 10.2.